The van der Waals surface area contributed by atoms with Gasteiger partial charge in [0.1, 0.15) is 0 Å². The predicted octanol–water partition coefficient (Wildman–Crippen LogP) is 2.09. The minimum absolute atomic E-state index is 0.00810. The smallest absolute Gasteiger partial charge is 0.304 e. The number of carbonyl (C=O) groups is 2. The second-order valence-electron chi connectivity index (χ2n) is 3.01. The van der Waals surface area contributed by atoms with Crippen molar-refractivity contribution in [3.05, 3.63) is 0 Å². The highest BCUT2D eigenvalue weighted by molar-refractivity contribution is 8.77. The number of carboxylic acids is 2. The molecule has 0 aromatic rings. The van der Waals surface area contributed by atoms with Gasteiger partial charge in [-0.15, -0.1) is 0 Å². The lowest BCUT2D eigenvalue weighted by Crippen LogP contribution is -2.07. The van der Waals surface area contributed by atoms with Crippen LogP contribution >= 0.6 is 21.6 Å². The van der Waals surface area contributed by atoms with Crippen LogP contribution in [0.4, 0.5) is 0 Å². The molecule has 4 nitrogen and oxygen atoms in total. The van der Waals surface area contributed by atoms with E-state index in [2.05, 4.69) is 0 Å². The van der Waals surface area contributed by atoms with Gasteiger partial charge in [0.15, 0.2) is 0 Å². The van der Waals surface area contributed by atoms with Crippen LogP contribution in [0.3, 0.4) is 0 Å². The van der Waals surface area contributed by atoms with Gasteiger partial charge < -0.3 is 10.2 Å². The Labute approximate surface area is 90.9 Å². The Morgan fingerprint density at radius 2 is 1.29 bits per heavy atom. The van der Waals surface area contributed by atoms with Gasteiger partial charge in [0.2, 0.25) is 0 Å². The third-order valence-corrected chi connectivity index (χ3v) is 4.71. The lowest BCUT2D eigenvalue weighted by atomic mass is 10.3. The average Bonchev–Trinajstić information content (AvgIpc) is 1.98. The second-order valence-corrected chi connectivity index (χ2v) is 6.16. The number of hydrogen-bond donors (Lipinski definition) is 2. The molecule has 0 saturated carbocycles. The normalized spacial score (nSPS) is 14.7. The number of rotatable bonds is 7. The van der Waals surface area contributed by atoms with Crippen LogP contribution in [-0.2, 0) is 9.59 Å². The third-order valence-electron chi connectivity index (χ3n) is 1.31. The Bertz CT molecular complexity index is 186. The van der Waals surface area contributed by atoms with E-state index in [1.165, 1.54) is 21.6 Å². The quantitative estimate of drug-likeness (QED) is 0.662. The molecule has 14 heavy (non-hydrogen) atoms. The highest BCUT2D eigenvalue weighted by Gasteiger charge is 2.13. The topological polar surface area (TPSA) is 74.6 Å². The molecule has 0 unspecified atom stereocenters. The van der Waals surface area contributed by atoms with Crippen molar-refractivity contribution in [2.45, 2.75) is 37.2 Å². The van der Waals surface area contributed by atoms with Crippen molar-refractivity contribution in [2.24, 2.45) is 0 Å². The van der Waals surface area contributed by atoms with Gasteiger partial charge in [0.25, 0.3) is 0 Å². The van der Waals surface area contributed by atoms with Gasteiger partial charge >= 0.3 is 11.9 Å². The van der Waals surface area contributed by atoms with Crippen molar-refractivity contribution < 1.29 is 19.8 Å². The molecule has 0 aliphatic rings. The molecule has 0 aromatic carbocycles. The Hall–Kier alpha value is -0.360. The molecule has 2 atom stereocenters. The lowest BCUT2D eigenvalue weighted by Gasteiger charge is -2.11. The van der Waals surface area contributed by atoms with Crippen molar-refractivity contribution >= 4 is 33.5 Å². The first-order chi connectivity index (χ1) is 6.41. The Morgan fingerprint density at radius 1 is 1.00 bits per heavy atom. The van der Waals surface area contributed by atoms with Crippen molar-refractivity contribution in [1.82, 2.24) is 0 Å². The number of aliphatic carboxylic acids is 2. The highest BCUT2D eigenvalue weighted by atomic mass is 33.1. The first-order valence-corrected chi connectivity index (χ1v) is 6.45. The summed E-state index contributed by atoms with van der Waals surface area (Å²) in [7, 11) is 2.85. The van der Waals surface area contributed by atoms with Crippen LogP contribution in [0.1, 0.15) is 26.7 Å². The maximum Gasteiger partial charge on any atom is 0.304 e. The van der Waals surface area contributed by atoms with E-state index < -0.39 is 11.9 Å². The van der Waals surface area contributed by atoms with E-state index in [1.807, 2.05) is 13.8 Å². The monoisotopic (exact) mass is 238 g/mol. The summed E-state index contributed by atoms with van der Waals surface area (Å²) in [5.74, 6) is -1.65. The van der Waals surface area contributed by atoms with E-state index in [0.29, 0.717) is 0 Å². The second kappa shape index (κ2) is 7.00. The molecular weight excluding hydrogens is 224 g/mol. The molecule has 2 N–H and O–H groups in total. The van der Waals surface area contributed by atoms with Gasteiger partial charge in [-0.3, -0.25) is 9.59 Å². The Kier molecular flexibility index (Phi) is 6.82. The van der Waals surface area contributed by atoms with Crippen LogP contribution in [0, 0.1) is 0 Å². The van der Waals surface area contributed by atoms with Gasteiger partial charge in [-0.2, -0.15) is 0 Å². The molecule has 0 aliphatic carbocycles. The molecule has 0 aromatic heterocycles. The van der Waals surface area contributed by atoms with Crippen molar-refractivity contribution in [3.8, 4) is 0 Å². The van der Waals surface area contributed by atoms with E-state index in [0.717, 1.165) is 0 Å². The number of hydrogen-bond acceptors (Lipinski definition) is 4. The summed E-state index contributed by atoms with van der Waals surface area (Å²) < 4.78 is 0. The predicted molar refractivity (Wildman–Crippen MR) is 58.6 cm³/mol. The maximum atomic E-state index is 10.3. The van der Waals surface area contributed by atoms with Crippen molar-refractivity contribution in [1.29, 1.82) is 0 Å². The van der Waals surface area contributed by atoms with Crippen LogP contribution < -0.4 is 0 Å². The molecule has 0 spiro atoms. The highest BCUT2D eigenvalue weighted by Crippen LogP contribution is 2.33. The van der Waals surface area contributed by atoms with Gasteiger partial charge in [0.05, 0.1) is 12.8 Å². The minimum Gasteiger partial charge on any atom is -0.481 e. The molecule has 0 saturated heterocycles. The lowest BCUT2D eigenvalue weighted by molar-refractivity contribution is -0.137. The summed E-state index contributed by atoms with van der Waals surface area (Å²) in [4.78, 5) is 20.6. The van der Waals surface area contributed by atoms with Gasteiger partial charge in [-0.25, -0.2) is 0 Å². The van der Waals surface area contributed by atoms with Crippen LogP contribution in [0.2, 0.25) is 0 Å². The van der Waals surface area contributed by atoms with Crippen molar-refractivity contribution in [3.63, 3.8) is 0 Å². The third kappa shape index (κ3) is 8.25. The van der Waals surface area contributed by atoms with E-state index in [9.17, 15) is 9.59 Å². The molecule has 0 amide bonds. The number of carboxylic acid groups (broad SMARTS) is 2. The standard InChI is InChI=1S/C8H14O4S2/c1-5(3-7(9)10)13-14-6(2)4-8(11)12/h5-6H,3-4H2,1-2H3,(H,9,10)(H,11,12)/t5-,6-/m0/s1. The van der Waals surface area contributed by atoms with E-state index in [4.69, 9.17) is 10.2 Å². The fourth-order valence-electron chi connectivity index (χ4n) is 0.750. The Morgan fingerprint density at radius 3 is 1.50 bits per heavy atom. The van der Waals surface area contributed by atoms with Crippen molar-refractivity contribution in [2.75, 3.05) is 0 Å². The molecule has 0 aliphatic heterocycles. The van der Waals surface area contributed by atoms with Gasteiger partial charge in [-0.05, 0) is 0 Å². The van der Waals surface area contributed by atoms with Crippen LogP contribution in [0.25, 0.3) is 0 Å². The molecule has 0 radical (unpaired) electrons. The van der Waals surface area contributed by atoms with Crippen LogP contribution in [-0.4, -0.2) is 32.7 Å². The fourth-order valence-corrected chi connectivity index (χ4v) is 3.10. The molecule has 0 heterocycles. The molecule has 6 heteroatoms. The SMILES string of the molecule is C[C@@H](CC(=O)O)SS[C@@H](C)CC(=O)O. The minimum atomic E-state index is -0.823. The molecule has 0 fully saturated rings. The molecule has 82 valence electrons. The molecule has 0 bridgehead atoms. The average molecular weight is 238 g/mol. The van der Waals surface area contributed by atoms with Gasteiger partial charge in [0, 0.05) is 10.5 Å². The zero-order valence-electron chi connectivity index (χ0n) is 8.10. The summed E-state index contributed by atoms with van der Waals surface area (Å²) in [6, 6.07) is 0. The van der Waals surface area contributed by atoms with E-state index in [1.54, 1.807) is 0 Å². The summed E-state index contributed by atoms with van der Waals surface area (Å²) in [6.07, 6.45) is 0.217. The largest absolute Gasteiger partial charge is 0.481 e. The maximum absolute atomic E-state index is 10.3. The zero-order valence-corrected chi connectivity index (χ0v) is 9.73. The van der Waals surface area contributed by atoms with Crippen LogP contribution in [0.15, 0.2) is 0 Å². The molecular formula is C8H14O4S2. The summed E-state index contributed by atoms with van der Waals surface area (Å²) in [5.41, 5.74) is 0. The fraction of sp³-hybridized carbons (Fsp3) is 0.750. The summed E-state index contributed by atoms with van der Waals surface area (Å²) in [6.45, 7) is 3.64. The first kappa shape index (κ1) is 13.6. The Balaban J connectivity index is 3.60. The molecule has 0 rings (SSSR count). The zero-order chi connectivity index (χ0) is 11.1. The summed E-state index contributed by atoms with van der Waals surface area (Å²) >= 11 is 0. The first-order valence-electron chi connectivity index (χ1n) is 4.17. The van der Waals surface area contributed by atoms with E-state index >= 15 is 0 Å². The summed E-state index contributed by atoms with van der Waals surface area (Å²) in [5, 5.41) is 17.0. The van der Waals surface area contributed by atoms with Crippen LogP contribution in [0.5, 0.6) is 0 Å². The van der Waals surface area contributed by atoms with E-state index in [-0.39, 0.29) is 23.3 Å². The van der Waals surface area contributed by atoms with Gasteiger partial charge in [-0.1, -0.05) is 35.4 Å².